The van der Waals surface area contributed by atoms with Crippen LogP contribution in [0.1, 0.15) is 26.5 Å². The van der Waals surface area contributed by atoms with Gasteiger partial charge in [0, 0.05) is 25.5 Å². The summed E-state index contributed by atoms with van der Waals surface area (Å²) in [5.74, 6) is 0. The van der Waals surface area contributed by atoms with Crippen LogP contribution >= 0.6 is 23.2 Å². The Labute approximate surface area is 128 Å². The fraction of sp³-hybridized carbons (Fsp3) is 0.500. The molecule has 0 aliphatic rings. The van der Waals surface area contributed by atoms with Crippen LogP contribution in [-0.2, 0) is 6.54 Å². The molecule has 0 spiro atoms. The molecule has 6 heteroatoms. The van der Waals surface area contributed by atoms with Crippen molar-refractivity contribution in [2.24, 2.45) is 0 Å². The number of hydrogen-bond donors (Lipinski definition) is 1. The van der Waals surface area contributed by atoms with Gasteiger partial charge in [-0.25, -0.2) is 4.98 Å². The van der Waals surface area contributed by atoms with E-state index in [1.807, 2.05) is 10.6 Å². The van der Waals surface area contributed by atoms with Gasteiger partial charge in [0.25, 0.3) is 0 Å². The number of halogens is 2. The standard InChI is InChI=1S/C14H19Cl2N3O/c1-4-18(9-14(2,3)20)7-11-8-19-6-10(15)5-12(16)13(19)17-11/h5-6,8,20H,4,7,9H2,1-3H3. The van der Waals surface area contributed by atoms with Crippen LogP contribution in [0.4, 0.5) is 0 Å². The SMILES string of the molecule is CCN(Cc1cn2cc(Cl)cc(Cl)c2n1)CC(C)(C)O. The van der Waals surface area contributed by atoms with E-state index in [9.17, 15) is 5.11 Å². The Morgan fingerprint density at radius 2 is 2.05 bits per heavy atom. The van der Waals surface area contributed by atoms with Crippen molar-refractivity contribution < 1.29 is 5.11 Å². The highest BCUT2D eigenvalue weighted by atomic mass is 35.5. The summed E-state index contributed by atoms with van der Waals surface area (Å²) < 4.78 is 1.83. The summed E-state index contributed by atoms with van der Waals surface area (Å²) in [7, 11) is 0. The first-order valence-electron chi connectivity index (χ1n) is 6.56. The molecule has 2 heterocycles. The van der Waals surface area contributed by atoms with Gasteiger partial charge in [0.2, 0.25) is 0 Å². The predicted octanol–water partition coefficient (Wildman–Crippen LogP) is 3.23. The van der Waals surface area contributed by atoms with Crippen LogP contribution in [0.2, 0.25) is 10.0 Å². The molecule has 1 N–H and O–H groups in total. The lowest BCUT2D eigenvalue weighted by molar-refractivity contribution is 0.0350. The van der Waals surface area contributed by atoms with Gasteiger partial charge in [0.1, 0.15) is 0 Å². The molecule has 0 unspecified atom stereocenters. The second kappa shape index (κ2) is 5.90. The number of hydrogen-bond acceptors (Lipinski definition) is 3. The summed E-state index contributed by atoms with van der Waals surface area (Å²) in [5.41, 5.74) is 0.876. The minimum Gasteiger partial charge on any atom is -0.389 e. The van der Waals surface area contributed by atoms with Crippen molar-refractivity contribution in [3.8, 4) is 0 Å². The van der Waals surface area contributed by atoms with Crippen molar-refractivity contribution >= 4 is 28.8 Å². The zero-order chi connectivity index (χ0) is 14.9. The fourth-order valence-corrected chi connectivity index (χ4v) is 2.73. The first-order valence-corrected chi connectivity index (χ1v) is 7.31. The molecule has 0 saturated carbocycles. The van der Waals surface area contributed by atoms with Crippen molar-refractivity contribution in [2.45, 2.75) is 32.9 Å². The highest BCUT2D eigenvalue weighted by Gasteiger charge is 2.18. The smallest absolute Gasteiger partial charge is 0.156 e. The van der Waals surface area contributed by atoms with Crippen molar-refractivity contribution in [3.63, 3.8) is 0 Å². The van der Waals surface area contributed by atoms with Crippen molar-refractivity contribution in [1.29, 1.82) is 0 Å². The summed E-state index contributed by atoms with van der Waals surface area (Å²) in [4.78, 5) is 6.66. The molecule has 0 fully saturated rings. The first kappa shape index (κ1) is 15.6. The van der Waals surface area contributed by atoms with E-state index in [0.717, 1.165) is 12.2 Å². The normalized spacial score (nSPS) is 12.6. The summed E-state index contributed by atoms with van der Waals surface area (Å²) in [5, 5.41) is 11.0. The van der Waals surface area contributed by atoms with E-state index >= 15 is 0 Å². The minimum atomic E-state index is -0.726. The lowest BCUT2D eigenvalue weighted by atomic mass is 10.1. The molecule has 2 aromatic heterocycles. The van der Waals surface area contributed by atoms with E-state index < -0.39 is 5.60 Å². The number of aromatic nitrogens is 2. The Morgan fingerprint density at radius 1 is 1.35 bits per heavy atom. The maximum absolute atomic E-state index is 9.91. The van der Waals surface area contributed by atoms with Crippen LogP contribution < -0.4 is 0 Å². The molecular formula is C14H19Cl2N3O. The number of nitrogens with zero attached hydrogens (tertiary/aromatic N) is 3. The summed E-state index contributed by atoms with van der Waals surface area (Å²) in [6.07, 6.45) is 3.70. The van der Waals surface area contributed by atoms with E-state index in [4.69, 9.17) is 23.2 Å². The lowest BCUT2D eigenvalue weighted by Crippen LogP contribution is -2.38. The summed E-state index contributed by atoms with van der Waals surface area (Å²) >= 11 is 12.1. The third-order valence-corrected chi connectivity index (χ3v) is 3.45. The van der Waals surface area contributed by atoms with Crippen LogP contribution in [0, 0.1) is 0 Å². The molecule has 2 rings (SSSR count). The molecular weight excluding hydrogens is 297 g/mol. The van der Waals surface area contributed by atoms with Gasteiger partial charge >= 0.3 is 0 Å². The molecule has 0 bridgehead atoms. The van der Waals surface area contributed by atoms with Gasteiger partial charge in [-0.2, -0.15) is 0 Å². The van der Waals surface area contributed by atoms with Crippen molar-refractivity contribution in [1.82, 2.24) is 14.3 Å². The van der Waals surface area contributed by atoms with Crippen LogP contribution in [0.5, 0.6) is 0 Å². The molecule has 0 atom stereocenters. The van der Waals surface area contributed by atoms with Crippen LogP contribution in [0.15, 0.2) is 18.5 Å². The van der Waals surface area contributed by atoms with E-state index in [-0.39, 0.29) is 0 Å². The fourth-order valence-electron chi connectivity index (χ4n) is 2.21. The largest absolute Gasteiger partial charge is 0.389 e. The van der Waals surface area contributed by atoms with E-state index in [2.05, 4.69) is 16.8 Å². The number of fused-ring (bicyclic) bond motifs is 1. The predicted molar refractivity (Wildman–Crippen MR) is 82.5 cm³/mol. The Bertz CT molecular complexity index is 604. The van der Waals surface area contributed by atoms with Gasteiger partial charge in [0.05, 0.1) is 21.3 Å². The molecule has 20 heavy (non-hydrogen) atoms. The monoisotopic (exact) mass is 315 g/mol. The summed E-state index contributed by atoms with van der Waals surface area (Å²) in [6, 6.07) is 1.68. The van der Waals surface area contributed by atoms with Gasteiger partial charge in [0.15, 0.2) is 5.65 Å². The van der Waals surface area contributed by atoms with Crippen molar-refractivity contribution in [2.75, 3.05) is 13.1 Å². The average Bonchev–Trinajstić information content (AvgIpc) is 2.69. The van der Waals surface area contributed by atoms with E-state index in [0.29, 0.717) is 28.8 Å². The highest BCUT2D eigenvalue weighted by Crippen LogP contribution is 2.22. The van der Waals surface area contributed by atoms with Crippen LogP contribution in [0.25, 0.3) is 5.65 Å². The number of rotatable bonds is 5. The van der Waals surface area contributed by atoms with Gasteiger partial charge in [-0.3, -0.25) is 4.90 Å². The Balaban J connectivity index is 2.23. The Morgan fingerprint density at radius 3 is 2.65 bits per heavy atom. The maximum atomic E-state index is 9.91. The molecule has 0 amide bonds. The third-order valence-electron chi connectivity index (χ3n) is 2.97. The first-order chi connectivity index (χ1) is 9.28. The maximum Gasteiger partial charge on any atom is 0.156 e. The molecule has 2 aromatic rings. The Kier molecular flexibility index (Phi) is 4.59. The van der Waals surface area contributed by atoms with E-state index in [1.165, 1.54) is 0 Å². The van der Waals surface area contributed by atoms with Gasteiger partial charge in [-0.1, -0.05) is 30.1 Å². The number of pyridine rings is 1. The zero-order valence-corrected chi connectivity index (χ0v) is 13.4. The minimum absolute atomic E-state index is 0.536. The topological polar surface area (TPSA) is 40.8 Å². The van der Waals surface area contributed by atoms with Gasteiger partial charge < -0.3 is 9.51 Å². The van der Waals surface area contributed by atoms with E-state index in [1.54, 1.807) is 26.1 Å². The third kappa shape index (κ3) is 3.85. The summed E-state index contributed by atoms with van der Waals surface area (Å²) in [6.45, 7) is 7.76. The van der Waals surface area contributed by atoms with Gasteiger partial charge in [-0.15, -0.1) is 0 Å². The van der Waals surface area contributed by atoms with Gasteiger partial charge in [-0.05, 0) is 26.5 Å². The number of aliphatic hydroxyl groups is 1. The molecule has 0 saturated heterocycles. The zero-order valence-electron chi connectivity index (χ0n) is 11.9. The quantitative estimate of drug-likeness (QED) is 0.921. The lowest BCUT2D eigenvalue weighted by Gasteiger charge is -2.27. The Hall–Kier alpha value is -0.810. The van der Waals surface area contributed by atoms with Crippen molar-refractivity contribution in [3.05, 3.63) is 34.2 Å². The number of imidazole rings is 1. The highest BCUT2D eigenvalue weighted by molar-refractivity contribution is 6.36. The van der Waals surface area contributed by atoms with Crippen LogP contribution in [0.3, 0.4) is 0 Å². The molecule has 4 nitrogen and oxygen atoms in total. The molecule has 0 aliphatic heterocycles. The molecule has 0 radical (unpaired) electrons. The molecule has 110 valence electrons. The van der Waals surface area contributed by atoms with Crippen LogP contribution in [-0.4, -0.2) is 38.1 Å². The number of likely N-dealkylation sites (N-methyl/N-ethyl adjacent to an activating group) is 1. The molecule has 0 aromatic carbocycles. The second-order valence-electron chi connectivity index (χ2n) is 5.59. The molecule has 0 aliphatic carbocycles. The average molecular weight is 316 g/mol. The second-order valence-corrected chi connectivity index (χ2v) is 6.43.